The highest BCUT2D eigenvalue weighted by Crippen LogP contribution is 2.37. The lowest BCUT2D eigenvalue weighted by atomic mass is 10.00. The molecule has 21 heavy (non-hydrogen) atoms. The van der Waals surface area contributed by atoms with Gasteiger partial charge in [0.2, 0.25) is 0 Å². The minimum atomic E-state index is -0.298. The second-order valence-electron chi connectivity index (χ2n) is 5.37. The minimum absolute atomic E-state index is 0.226. The van der Waals surface area contributed by atoms with Crippen molar-refractivity contribution < 1.29 is 9.18 Å². The number of hydrogen-bond acceptors (Lipinski definition) is 2. The highest BCUT2D eigenvalue weighted by atomic mass is 79.9. The summed E-state index contributed by atoms with van der Waals surface area (Å²) in [5.41, 5.74) is 3.90. The summed E-state index contributed by atoms with van der Waals surface area (Å²) in [6, 6.07) is 10.5. The third kappa shape index (κ3) is 2.65. The van der Waals surface area contributed by atoms with E-state index in [0.29, 0.717) is 18.7 Å². The summed E-state index contributed by atoms with van der Waals surface area (Å²) in [6.07, 6.45) is 0.952. The number of carbonyl (C=O) groups is 1. The summed E-state index contributed by atoms with van der Waals surface area (Å²) in [6.45, 7) is 3.10. The molecule has 0 bridgehead atoms. The lowest BCUT2D eigenvalue weighted by Gasteiger charge is -2.21. The highest BCUT2D eigenvalue weighted by Gasteiger charge is 2.31. The summed E-state index contributed by atoms with van der Waals surface area (Å²) in [4.78, 5) is 13.6. The van der Waals surface area contributed by atoms with Gasteiger partial charge in [0.05, 0.1) is 6.04 Å². The normalized spacial score (nSPS) is 17.8. The van der Waals surface area contributed by atoms with E-state index in [0.717, 1.165) is 27.4 Å². The predicted octanol–water partition coefficient (Wildman–Crippen LogP) is 4.15. The molecule has 0 amide bonds. The van der Waals surface area contributed by atoms with Gasteiger partial charge in [-0.3, -0.25) is 4.90 Å². The first-order chi connectivity index (χ1) is 10.1. The van der Waals surface area contributed by atoms with Gasteiger partial charge < -0.3 is 4.79 Å². The maximum Gasteiger partial charge on any atom is 0.141 e. The molecule has 2 nitrogen and oxygen atoms in total. The number of benzene rings is 2. The van der Waals surface area contributed by atoms with Gasteiger partial charge in [-0.25, -0.2) is 4.39 Å². The second-order valence-corrected chi connectivity index (χ2v) is 6.29. The van der Waals surface area contributed by atoms with Crippen molar-refractivity contribution >= 4 is 22.2 Å². The van der Waals surface area contributed by atoms with Gasteiger partial charge in [0.25, 0.3) is 0 Å². The van der Waals surface area contributed by atoms with Crippen molar-refractivity contribution in [1.82, 2.24) is 4.90 Å². The van der Waals surface area contributed by atoms with Gasteiger partial charge in [-0.2, -0.15) is 0 Å². The molecule has 1 aliphatic rings. The van der Waals surface area contributed by atoms with Crippen LogP contribution in [0.5, 0.6) is 0 Å². The van der Waals surface area contributed by atoms with Crippen molar-refractivity contribution in [1.29, 1.82) is 0 Å². The summed E-state index contributed by atoms with van der Waals surface area (Å²) in [5, 5.41) is 0. The van der Waals surface area contributed by atoms with Gasteiger partial charge in [-0.1, -0.05) is 34.1 Å². The van der Waals surface area contributed by atoms with E-state index in [-0.39, 0.29) is 11.9 Å². The first kappa shape index (κ1) is 14.4. The molecular formula is C17H15BrFNO. The topological polar surface area (TPSA) is 20.3 Å². The number of nitrogens with zero attached hydrogens (tertiary/aromatic N) is 1. The molecule has 0 N–H and O–H groups in total. The first-order valence-corrected chi connectivity index (χ1v) is 7.61. The number of fused-ring (bicyclic) bond motifs is 1. The standard InChI is InChI=1S/C17H15BrFNO/c1-11-6-14(18)7-13-9-20(16(10-21)17(11)13)8-12-4-2-3-5-15(12)19/h2-7,10,16H,8-9H2,1H3. The van der Waals surface area contributed by atoms with Gasteiger partial charge in [-0.05, 0) is 41.8 Å². The molecule has 0 saturated carbocycles. The molecule has 0 radical (unpaired) electrons. The quantitative estimate of drug-likeness (QED) is 0.777. The highest BCUT2D eigenvalue weighted by molar-refractivity contribution is 9.10. The van der Waals surface area contributed by atoms with Crippen LogP contribution in [-0.4, -0.2) is 11.2 Å². The number of halogens is 2. The molecule has 3 rings (SSSR count). The van der Waals surface area contributed by atoms with Gasteiger partial charge in [0.15, 0.2) is 0 Å². The summed E-state index contributed by atoms with van der Waals surface area (Å²) >= 11 is 3.49. The van der Waals surface area contributed by atoms with Crippen LogP contribution in [-0.2, 0) is 17.9 Å². The number of hydrogen-bond donors (Lipinski definition) is 0. The van der Waals surface area contributed by atoms with Crippen molar-refractivity contribution in [2.75, 3.05) is 0 Å². The third-order valence-corrected chi connectivity index (χ3v) is 4.42. The average molecular weight is 348 g/mol. The van der Waals surface area contributed by atoms with E-state index < -0.39 is 0 Å². The molecular weight excluding hydrogens is 333 g/mol. The molecule has 4 heteroatoms. The summed E-state index contributed by atoms with van der Waals surface area (Å²) in [7, 11) is 0. The van der Waals surface area contributed by atoms with Crippen LogP contribution in [0.4, 0.5) is 4.39 Å². The Hall–Kier alpha value is -1.52. The van der Waals surface area contributed by atoms with E-state index in [1.807, 2.05) is 30.0 Å². The van der Waals surface area contributed by atoms with Crippen LogP contribution in [0, 0.1) is 12.7 Å². The molecule has 1 unspecified atom stereocenters. The number of carbonyl (C=O) groups excluding carboxylic acids is 1. The van der Waals surface area contributed by atoms with Crippen LogP contribution in [0.15, 0.2) is 40.9 Å². The van der Waals surface area contributed by atoms with Gasteiger partial charge >= 0.3 is 0 Å². The average Bonchev–Trinajstić information content (AvgIpc) is 2.78. The van der Waals surface area contributed by atoms with Crippen molar-refractivity contribution in [2.45, 2.75) is 26.1 Å². The van der Waals surface area contributed by atoms with Crippen LogP contribution < -0.4 is 0 Å². The van der Waals surface area contributed by atoms with Gasteiger partial charge in [-0.15, -0.1) is 0 Å². The van der Waals surface area contributed by atoms with E-state index in [2.05, 4.69) is 15.9 Å². The Kier molecular flexibility index (Phi) is 3.91. The van der Waals surface area contributed by atoms with Crippen molar-refractivity contribution in [3.05, 3.63) is 68.9 Å². The second kappa shape index (κ2) is 5.70. The monoisotopic (exact) mass is 347 g/mol. The molecule has 0 fully saturated rings. The zero-order chi connectivity index (χ0) is 15.0. The number of aryl methyl sites for hydroxylation is 1. The maximum absolute atomic E-state index is 13.8. The first-order valence-electron chi connectivity index (χ1n) is 6.82. The molecule has 108 valence electrons. The van der Waals surface area contributed by atoms with Crippen molar-refractivity contribution in [2.24, 2.45) is 0 Å². The van der Waals surface area contributed by atoms with Gasteiger partial charge in [0.1, 0.15) is 12.1 Å². The minimum Gasteiger partial charge on any atom is -0.301 e. The maximum atomic E-state index is 13.8. The Bertz CT molecular complexity index is 701. The molecule has 0 aliphatic carbocycles. The van der Waals surface area contributed by atoms with Crippen LogP contribution in [0.25, 0.3) is 0 Å². The fraction of sp³-hybridized carbons (Fsp3) is 0.235. The van der Waals surface area contributed by atoms with E-state index >= 15 is 0 Å². The smallest absolute Gasteiger partial charge is 0.141 e. The van der Waals surface area contributed by atoms with Crippen LogP contribution >= 0.6 is 15.9 Å². The zero-order valence-electron chi connectivity index (χ0n) is 11.6. The van der Waals surface area contributed by atoms with E-state index in [1.165, 1.54) is 6.07 Å². The molecule has 0 aromatic heterocycles. The molecule has 0 saturated heterocycles. The van der Waals surface area contributed by atoms with Crippen LogP contribution in [0.1, 0.15) is 28.3 Å². The molecule has 2 aromatic rings. The number of rotatable bonds is 3. The molecule has 1 heterocycles. The predicted molar refractivity (Wildman–Crippen MR) is 83.3 cm³/mol. The Labute approximate surface area is 131 Å². The summed E-state index contributed by atoms with van der Waals surface area (Å²) in [5.74, 6) is -0.226. The van der Waals surface area contributed by atoms with Crippen molar-refractivity contribution in [3.8, 4) is 0 Å². The lowest BCUT2D eigenvalue weighted by molar-refractivity contribution is -0.112. The molecule has 1 atom stereocenters. The fourth-order valence-corrected chi connectivity index (χ4v) is 3.65. The third-order valence-electron chi connectivity index (χ3n) is 3.96. The van der Waals surface area contributed by atoms with E-state index in [4.69, 9.17) is 0 Å². The number of aldehydes is 1. The Balaban J connectivity index is 1.94. The zero-order valence-corrected chi connectivity index (χ0v) is 13.2. The van der Waals surface area contributed by atoms with E-state index in [9.17, 15) is 9.18 Å². The van der Waals surface area contributed by atoms with E-state index in [1.54, 1.807) is 12.1 Å². The van der Waals surface area contributed by atoms with Gasteiger partial charge in [0, 0.05) is 23.1 Å². The van der Waals surface area contributed by atoms with Crippen molar-refractivity contribution in [3.63, 3.8) is 0 Å². The molecule has 0 spiro atoms. The largest absolute Gasteiger partial charge is 0.301 e. The fourth-order valence-electron chi connectivity index (χ4n) is 3.03. The van der Waals surface area contributed by atoms with Crippen LogP contribution in [0.2, 0.25) is 0 Å². The Morgan fingerprint density at radius 3 is 2.86 bits per heavy atom. The lowest BCUT2D eigenvalue weighted by Crippen LogP contribution is -2.23. The Morgan fingerprint density at radius 1 is 1.38 bits per heavy atom. The molecule has 1 aliphatic heterocycles. The SMILES string of the molecule is Cc1cc(Br)cc2c1C(C=O)N(Cc1ccccc1F)C2. The van der Waals surface area contributed by atoms with Crippen LogP contribution in [0.3, 0.4) is 0 Å². The summed E-state index contributed by atoms with van der Waals surface area (Å²) < 4.78 is 14.8. The Morgan fingerprint density at radius 2 is 2.14 bits per heavy atom. The molecule has 2 aromatic carbocycles.